The minimum absolute atomic E-state index is 0.334. The molecule has 3 rings (SSSR count). The largest absolute Gasteiger partial charge is 0.433 e. The number of hydrogen-bond acceptors (Lipinski definition) is 3. The molecule has 0 saturated heterocycles. The van der Waals surface area contributed by atoms with Gasteiger partial charge in [-0.1, -0.05) is 0 Å². The summed E-state index contributed by atoms with van der Waals surface area (Å²) < 4.78 is 56.2. The zero-order valence-corrected chi connectivity index (χ0v) is 14.8. The van der Waals surface area contributed by atoms with E-state index in [2.05, 4.69) is 14.5 Å². The molecule has 0 aliphatic carbocycles. The standard InChI is InChI=1S/C16H17F3N4OS/c1-15(2,3)25(24)22-11-5-7-23-13(11)9-12(21-23)10-4-6-20-14(8-10)16(17,18)19/h4,6,8-9H,5,7H2,1-3H3/b22-11+/t25-/m1/s1. The first-order valence-corrected chi connectivity index (χ1v) is 8.78. The highest BCUT2D eigenvalue weighted by Gasteiger charge is 2.33. The van der Waals surface area contributed by atoms with E-state index < -0.39 is 27.6 Å². The number of rotatable bonds is 2. The average molecular weight is 370 g/mol. The smallest absolute Gasteiger partial charge is 0.263 e. The molecule has 5 nitrogen and oxygen atoms in total. The van der Waals surface area contributed by atoms with Gasteiger partial charge in [-0.3, -0.25) is 9.67 Å². The minimum atomic E-state index is -4.51. The maximum absolute atomic E-state index is 12.8. The summed E-state index contributed by atoms with van der Waals surface area (Å²) >= 11 is 0. The van der Waals surface area contributed by atoms with Crippen LogP contribution in [-0.4, -0.2) is 29.4 Å². The van der Waals surface area contributed by atoms with E-state index in [0.29, 0.717) is 35.6 Å². The predicted molar refractivity (Wildman–Crippen MR) is 89.5 cm³/mol. The van der Waals surface area contributed by atoms with Gasteiger partial charge in [-0.15, -0.1) is 0 Å². The van der Waals surface area contributed by atoms with Crippen molar-refractivity contribution in [2.45, 2.75) is 44.7 Å². The Balaban J connectivity index is 1.96. The third-order valence-electron chi connectivity index (χ3n) is 3.70. The summed E-state index contributed by atoms with van der Waals surface area (Å²) in [5.41, 5.74) is 1.15. The van der Waals surface area contributed by atoms with Crippen LogP contribution in [0.25, 0.3) is 11.3 Å². The molecule has 0 bridgehead atoms. The van der Waals surface area contributed by atoms with Crippen molar-refractivity contribution in [3.63, 3.8) is 0 Å². The summed E-state index contributed by atoms with van der Waals surface area (Å²) in [6.07, 6.45) is -2.78. The second-order valence-corrected chi connectivity index (χ2v) is 8.62. The fourth-order valence-electron chi connectivity index (χ4n) is 2.37. The highest BCUT2D eigenvalue weighted by atomic mass is 32.2. The van der Waals surface area contributed by atoms with E-state index >= 15 is 0 Å². The van der Waals surface area contributed by atoms with Crippen molar-refractivity contribution in [1.29, 1.82) is 0 Å². The first-order valence-electron chi connectivity index (χ1n) is 7.67. The Labute approximate surface area is 145 Å². The van der Waals surface area contributed by atoms with Crippen LogP contribution in [-0.2, 0) is 23.7 Å². The Hall–Kier alpha value is -2.03. The summed E-state index contributed by atoms with van der Waals surface area (Å²) in [6.45, 7) is 6.06. The van der Waals surface area contributed by atoms with E-state index in [1.54, 1.807) is 10.7 Å². The van der Waals surface area contributed by atoms with Crippen LogP contribution in [0.15, 0.2) is 28.8 Å². The van der Waals surface area contributed by atoms with Crippen LogP contribution >= 0.6 is 0 Å². The molecule has 0 fully saturated rings. The Morgan fingerprint density at radius 3 is 2.60 bits per heavy atom. The average Bonchev–Trinajstić information content (AvgIpc) is 3.07. The lowest BCUT2D eigenvalue weighted by atomic mass is 10.1. The molecule has 0 spiro atoms. The van der Waals surface area contributed by atoms with Gasteiger partial charge in [0.15, 0.2) is 0 Å². The Kier molecular flexibility index (Phi) is 4.30. The van der Waals surface area contributed by atoms with E-state index in [9.17, 15) is 17.4 Å². The topological polar surface area (TPSA) is 60.1 Å². The van der Waals surface area contributed by atoms with Gasteiger partial charge in [0.25, 0.3) is 0 Å². The van der Waals surface area contributed by atoms with Crippen molar-refractivity contribution < 1.29 is 17.4 Å². The summed E-state index contributed by atoms with van der Waals surface area (Å²) in [7, 11) is -1.40. The molecule has 0 aromatic carbocycles. The van der Waals surface area contributed by atoms with Gasteiger partial charge in [-0.25, -0.2) is 4.21 Å². The van der Waals surface area contributed by atoms with Gasteiger partial charge in [-0.2, -0.15) is 22.7 Å². The third-order valence-corrected chi connectivity index (χ3v) is 5.13. The van der Waals surface area contributed by atoms with Crippen molar-refractivity contribution >= 4 is 16.7 Å². The molecule has 3 heterocycles. The van der Waals surface area contributed by atoms with E-state index in [-0.39, 0.29) is 0 Å². The summed E-state index contributed by atoms with van der Waals surface area (Å²) in [5.74, 6) is 0. The van der Waals surface area contributed by atoms with Crippen LogP contribution < -0.4 is 0 Å². The van der Waals surface area contributed by atoms with Crippen LogP contribution in [0, 0.1) is 0 Å². The number of aryl methyl sites for hydroxylation is 1. The molecule has 2 aromatic heterocycles. The molecular formula is C16H17F3N4OS. The van der Waals surface area contributed by atoms with Gasteiger partial charge in [0.05, 0.1) is 21.8 Å². The Morgan fingerprint density at radius 2 is 1.96 bits per heavy atom. The van der Waals surface area contributed by atoms with Crippen molar-refractivity contribution in [2.24, 2.45) is 4.40 Å². The van der Waals surface area contributed by atoms with Crippen LogP contribution in [0.2, 0.25) is 0 Å². The third kappa shape index (κ3) is 3.65. The summed E-state index contributed by atoms with van der Waals surface area (Å²) in [5, 5.41) is 4.35. The predicted octanol–water partition coefficient (Wildman–Crippen LogP) is 3.62. The molecule has 25 heavy (non-hydrogen) atoms. The molecule has 9 heteroatoms. The first kappa shape index (κ1) is 17.8. The lowest BCUT2D eigenvalue weighted by Gasteiger charge is -2.13. The maximum Gasteiger partial charge on any atom is 0.433 e. The van der Waals surface area contributed by atoms with Crippen molar-refractivity contribution in [2.75, 3.05) is 0 Å². The second kappa shape index (κ2) is 6.05. The van der Waals surface area contributed by atoms with Crippen LogP contribution in [0.3, 0.4) is 0 Å². The molecule has 134 valence electrons. The highest BCUT2D eigenvalue weighted by molar-refractivity contribution is 7.85. The van der Waals surface area contributed by atoms with E-state index in [0.717, 1.165) is 12.3 Å². The molecule has 1 atom stereocenters. The zero-order chi connectivity index (χ0) is 18.4. The van der Waals surface area contributed by atoms with Crippen LogP contribution in [0.4, 0.5) is 13.2 Å². The van der Waals surface area contributed by atoms with E-state index in [1.165, 1.54) is 6.07 Å². The number of aromatic nitrogens is 3. The number of halogens is 3. The molecule has 0 amide bonds. The van der Waals surface area contributed by atoms with Gasteiger partial charge in [-0.05, 0) is 39.0 Å². The molecule has 1 aliphatic heterocycles. The maximum atomic E-state index is 12.8. The van der Waals surface area contributed by atoms with Gasteiger partial charge in [0.2, 0.25) is 0 Å². The lowest BCUT2D eigenvalue weighted by molar-refractivity contribution is -0.141. The summed E-state index contributed by atoms with van der Waals surface area (Å²) in [6, 6.07) is 4.14. The monoisotopic (exact) mass is 370 g/mol. The van der Waals surface area contributed by atoms with Crippen LogP contribution in [0.1, 0.15) is 38.6 Å². The SMILES string of the molecule is CC(C)(C)[S@@](=O)/N=C1\CCn2nc(-c3ccnc(C(F)(F)F)c3)cc21. The second-order valence-electron chi connectivity index (χ2n) is 6.71. The van der Waals surface area contributed by atoms with E-state index in [4.69, 9.17) is 0 Å². The Bertz CT molecular complexity index is 865. The minimum Gasteiger partial charge on any atom is -0.263 e. The molecule has 0 radical (unpaired) electrons. The molecule has 0 unspecified atom stereocenters. The quantitative estimate of drug-likeness (QED) is 0.811. The Morgan fingerprint density at radius 1 is 1.24 bits per heavy atom. The molecule has 2 aromatic rings. The summed E-state index contributed by atoms with van der Waals surface area (Å²) in [4.78, 5) is 3.36. The number of nitrogens with zero attached hydrogens (tertiary/aromatic N) is 4. The van der Waals surface area contributed by atoms with Crippen molar-refractivity contribution in [1.82, 2.24) is 14.8 Å². The number of alkyl halides is 3. The van der Waals surface area contributed by atoms with Gasteiger partial charge < -0.3 is 0 Å². The molecule has 1 aliphatic rings. The zero-order valence-electron chi connectivity index (χ0n) is 14.0. The normalized spacial score (nSPS) is 17.8. The first-order chi connectivity index (χ1) is 11.6. The number of hydrogen-bond donors (Lipinski definition) is 0. The van der Waals surface area contributed by atoms with Gasteiger partial charge in [0, 0.05) is 24.7 Å². The van der Waals surface area contributed by atoms with E-state index in [1.807, 2.05) is 20.8 Å². The van der Waals surface area contributed by atoms with Crippen LogP contribution in [0.5, 0.6) is 0 Å². The lowest BCUT2D eigenvalue weighted by Crippen LogP contribution is -2.20. The van der Waals surface area contributed by atoms with Gasteiger partial charge in [0.1, 0.15) is 16.7 Å². The molecule has 0 N–H and O–H groups in total. The van der Waals surface area contributed by atoms with Crippen molar-refractivity contribution in [3.05, 3.63) is 35.8 Å². The highest BCUT2D eigenvalue weighted by Crippen LogP contribution is 2.31. The number of pyridine rings is 1. The van der Waals surface area contributed by atoms with Crippen molar-refractivity contribution in [3.8, 4) is 11.3 Å². The fourth-order valence-corrected chi connectivity index (χ4v) is 3.03. The molecule has 0 saturated carbocycles. The number of fused-ring (bicyclic) bond motifs is 1. The fraction of sp³-hybridized carbons (Fsp3) is 0.438. The molecular weight excluding hydrogens is 353 g/mol. The van der Waals surface area contributed by atoms with Gasteiger partial charge >= 0.3 is 6.18 Å².